The van der Waals surface area contributed by atoms with Crippen LogP contribution in [-0.4, -0.2) is 28.6 Å². The molecule has 0 aliphatic carbocycles. The van der Waals surface area contributed by atoms with Crippen molar-refractivity contribution in [1.29, 1.82) is 0 Å². The maximum absolute atomic E-state index is 12.8. The predicted octanol–water partition coefficient (Wildman–Crippen LogP) is 2.05. The van der Waals surface area contributed by atoms with Gasteiger partial charge >= 0.3 is 5.69 Å². The number of aryl methyl sites for hydroxylation is 1. The number of benzene rings is 1. The van der Waals surface area contributed by atoms with Gasteiger partial charge in [-0.1, -0.05) is 25.4 Å². The molecule has 8 nitrogen and oxygen atoms in total. The number of hydrogen-bond acceptors (Lipinski definition) is 6. The van der Waals surface area contributed by atoms with Gasteiger partial charge in [-0.15, -0.1) is 0 Å². The number of Topliss-reactive ketones (excluding diaryl/α,β-unsaturated/α-hetero) is 1. The quantitative estimate of drug-likeness (QED) is 0.679. The van der Waals surface area contributed by atoms with Gasteiger partial charge in [-0.3, -0.25) is 18.7 Å². The molecule has 2 aromatic rings. The van der Waals surface area contributed by atoms with Crippen LogP contribution < -0.4 is 27.0 Å². The van der Waals surface area contributed by atoms with Gasteiger partial charge in [0.25, 0.3) is 5.56 Å². The number of ether oxygens (including phenoxy) is 1. The first-order valence-electron chi connectivity index (χ1n) is 8.79. The van der Waals surface area contributed by atoms with Gasteiger partial charge in [-0.2, -0.15) is 0 Å². The Morgan fingerprint density at radius 1 is 1.32 bits per heavy atom. The van der Waals surface area contributed by atoms with E-state index in [1.807, 2.05) is 20.8 Å². The van der Waals surface area contributed by atoms with Gasteiger partial charge in [0, 0.05) is 24.7 Å². The van der Waals surface area contributed by atoms with Crippen molar-refractivity contribution in [1.82, 2.24) is 9.13 Å². The Bertz CT molecular complexity index is 1020. The van der Waals surface area contributed by atoms with Gasteiger partial charge in [0.05, 0.1) is 19.3 Å². The molecule has 0 bridgehead atoms. The first-order chi connectivity index (χ1) is 13.1. The molecular formula is C19H25ClN4O4. The number of anilines is 2. The largest absolute Gasteiger partial charge is 0.495 e. The van der Waals surface area contributed by atoms with Crippen molar-refractivity contribution < 1.29 is 9.53 Å². The molecule has 0 saturated heterocycles. The standard InChI is InChI=1S/C19H25ClN4O4/c1-10(2)9-24-17(21)16(18(26)23(4)19(24)27)14(25)8-22-13-6-11(3)12(20)7-15(13)28-5/h6-7,10,22H,8-9,21H2,1-5H3. The number of ketones is 1. The van der Waals surface area contributed by atoms with E-state index in [0.29, 0.717) is 23.0 Å². The fourth-order valence-electron chi connectivity index (χ4n) is 2.82. The van der Waals surface area contributed by atoms with E-state index in [0.717, 1.165) is 10.1 Å². The Balaban J connectivity index is 2.40. The van der Waals surface area contributed by atoms with Gasteiger partial charge in [0.2, 0.25) is 0 Å². The van der Waals surface area contributed by atoms with E-state index < -0.39 is 17.0 Å². The summed E-state index contributed by atoms with van der Waals surface area (Å²) in [4.78, 5) is 37.6. The summed E-state index contributed by atoms with van der Waals surface area (Å²) in [5.41, 5.74) is 5.93. The maximum atomic E-state index is 12.8. The highest BCUT2D eigenvalue weighted by atomic mass is 35.5. The van der Waals surface area contributed by atoms with Gasteiger partial charge in [-0.25, -0.2) is 4.79 Å². The Morgan fingerprint density at radius 3 is 2.54 bits per heavy atom. The van der Waals surface area contributed by atoms with Crippen LogP contribution in [0.25, 0.3) is 0 Å². The Kier molecular flexibility index (Phi) is 6.56. The highest BCUT2D eigenvalue weighted by molar-refractivity contribution is 6.31. The summed E-state index contributed by atoms with van der Waals surface area (Å²) in [7, 11) is 2.82. The van der Waals surface area contributed by atoms with Crippen molar-refractivity contribution in [2.24, 2.45) is 13.0 Å². The first-order valence-corrected chi connectivity index (χ1v) is 9.16. The number of halogens is 1. The van der Waals surface area contributed by atoms with Crippen molar-refractivity contribution >= 4 is 28.9 Å². The van der Waals surface area contributed by atoms with Crippen LogP contribution in [0.5, 0.6) is 5.75 Å². The van der Waals surface area contributed by atoms with E-state index in [1.165, 1.54) is 18.7 Å². The lowest BCUT2D eigenvalue weighted by Crippen LogP contribution is -2.43. The summed E-state index contributed by atoms with van der Waals surface area (Å²) in [6.07, 6.45) is 0. The van der Waals surface area contributed by atoms with E-state index >= 15 is 0 Å². The van der Waals surface area contributed by atoms with Crippen LogP contribution in [0.3, 0.4) is 0 Å². The number of carbonyl (C=O) groups excluding carboxylic acids is 1. The third-order valence-electron chi connectivity index (χ3n) is 4.33. The highest BCUT2D eigenvalue weighted by Gasteiger charge is 2.22. The molecule has 0 unspecified atom stereocenters. The van der Waals surface area contributed by atoms with E-state index in [1.54, 1.807) is 12.1 Å². The second-order valence-electron chi connectivity index (χ2n) is 6.99. The normalized spacial score (nSPS) is 11.0. The summed E-state index contributed by atoms with van der Waals surface area (Å²) < 4.78 is 7.43. The van der Waals surface area contributed by atoms with E-state index in [9.17, 15) is 14.4 Å². The van der Waals surface area contributed by atoms with E-state index in [2.05, 4.69) is 5.32 Å². The van der Waals surface area contributed by atoms with Gasteiger partial charge in [0.1, 0.15) is 17.1 Å². The van der Waals surface area contributed by atoms with Crippen molar-refractivity contribution in [3.63, 3.8) is 0 Å². The molecule has 0 atom stereocenters. The predicted molar refractivity (Wildman–Crippen MR) is 111 cm³/mol. The maximum Gasteiger partial charge on any atom is 0.332 e. The molecular weight excluding hydrogens is 384 g/mol. The van der Waals surface area contributed by atoms with Crippen LogP contribution in [-0.2, 0) is 13.6 Å². The molecule has 0 saturated carbocycles. The molecule has 0 fully saturated rings. The number of rotatable bonds is 7. The minimum Gasteiger partial charge on any atom is -0.495 e. The van der Waals surface area contributed by atoms with Crippen LogP contribution in [0, 0.1) is 12.8 Å². The molecule has 1 heterocycles. The lowest BCUT2D eigenvalue weighted by molar-refractivity contribution is 0.100. The van der Waals surface area contributed by atoms with Crippen molar-refractivity contribution in [3.8, 4) is 5.75 Å². The van der Waals surface area contributed by atoms with Gasteiger partial charge in [-0.05, 0) is 24.5 Å². The number of aromatic nitrogens is 2. The molecule has 152 valence electrons. The molecule has 0 aliphatic rings. The topological polar surface area (TPSA) is 108 Å². The number of nitrogens with one attached hydrogen (secondary N) is 1. The summed E-state index contributed by atoms with van der Waals surface area (Å²) in [5, 5.41) is 3.49. The SMILES string of the molecule is COc1cc(Cl)c(C)cc1NCC(=O)c1c(N)n(CC(C)C)c(=O)n(C)c1=O. The van der Waals surface area contributed by atoms with Crippen molar-refractivity contribution in [2.45, 2.75) is 27.3 Å². The van der Waals surface area contributed by atoms with Crippen LogP contribution in [0.1, 0.15) is 29.8 Å². The molecule has 9 heteroatoms. The summed E-state index contributed by atoms with van der Waals surface area (Å²) in [6, 6.07) is 3.38. The van der Waals surface area contributed by atoms with Crippen LogP contribution in [0.2, 0.25) is 5.02 Å². The molecule has 0 spiro atoms. The first kappa shape index (κ1) is 21.6. The lowest BCUT2D eigenvalue weighted by Gasteiger charge is -2.17. The fraction of sp³-hybridized carbons (Fsp3) is 0.421. The molecule has 28 heavy (non-hydrogen) atoms. The number of nitrogens with zero attached hydrogens (tertiary/aromatic N) is 2. The molecule has 2 rings (SSSR count). The van der Waals surface area contributed by atoms with Crippen LogP contribution >= 0.6 is 11.6 Å². The van der Waals surface area contributed by atoms with E-state index in [4.69, 9.17) is 22.1 Å². The Labute approximate surface area is 167 Å². The molecule has 1 aromatic carbocycles. The van der Waals surface area contributed by atoms with Crippen molar-refractivity contribution in [2.75, 3.05) is 24.7 Å². The zero-order chi connectivity index (χ0) is 21.2. The Hall–Kier alpha value is -2.74. The molecule has 0 aliphatic heterocycles. The number of nitrogens with two attached hydrogens (primary N) is 1. The summed E-state index contributed by atoms with van der Waals surface area (Å²) in [6.45, 7) is 5.75. The molecule has 0 amide bonds. The van der Waals surface area contributed by atoms with Crippen LogP contribution in [0.4, 0.5) is 11.5 Å². The number of carbonyl (C=O) groups is 1. The van der Waals surface area contributed by atoms with Crippen LogP contribution in [0.15, 0.2) is 21.7 Å². The molecule has 0 radical (unpaired) electrons. The zero-order valence-corrected chi connectivity index (χ0v) is 17.4. The smallest absolute Gasteiger partial charge is 0.332 e. The minimum absolute atomic E-state index is 0.111. The average molecular weight is 409 g/mol. The molecule has 3 N–H and O–H groups in total. The lowest BCUT2D eigenvalue weighted by atomic mass is 10.1. The number of methoxy groups -OCH3 is 1. The fourth-order valence-corrected chi connectivity index (χ4v) is 2.97. The van der Waals surface area contributed by atoms with Gasteiger partial charge in [0.15, 0.2) is 5.78 Å². The monoisotopic (exact) mass is 408 g/mol. The number of hydrogen-bond donors (Lipinski definition) is 2. The third kappa shape index (κ3) is 4.22. The summed E-state index contributed by atoms with van der Waals surface area (Å²) in [5.74, 6) is -0.0629. The second-order valence-corrected chi connectivity index (χ2v) is 7.40. The summed E-state index contributed by atoms with van der Waals surface area (Å²) >= 11 is 6.09. The molecule has 1 aromatic heterocycles. The van der Waals surface area contributed by atoms with E-state index in [-0.39, 0.29) is 23.8 Å². The van der Waals surface area contributed by atoms with Gasteiger partial charge < -0.3 is 15.8 Å². The zero-order valence-electron chi connectivity index (χ0n) is 16.6. The van der Waals surface area contributed by atoms with Crippen molar-refractivity contribution in [3.05, 3.63) is 49.1 Å². The Morgan fingerprint density at radius 2 is 1.96 bits per heavy atom. The number of nitrogen functional groups attached to an aromatic ring is 1. The third-order valence-corrected chi connectivity index (χ3v) is 4.74. The highest BCUT2D eigenvalue weighted by Crippen LogP contribution is 2.30. The minimum atomic E-state index is -0.714. The average Bonchev–Trinajstić information content (AvgIpc) is 2.64. The second kappa shape index (κ2) is 8.52.